The summed E-state index contributed by atoms with van der Waals surface area (Å²) in [6.07, 6.45) is 1.11. The molecular formula is C20H22Cl2N4O2. The highest BCUT2D eigenvalue weighted by Crippen LogP contribution is 2.23. The van der Waals surface area contributed by atoms with Crippen molar-refractivity contribution in [2.75, 3.05) is 44.2 Å². The quantitative estimate of drug-likeness (QED) is 0.825. The molecule has 2 atom stereocenters. The van der Waals surface area contributed by atoms with Gasteiger partial charge in [0, 0.05) is 56.1 Å². The van der Waals surface area contributed by atoms with E-state index in [0.29, 0.717) is 28.7 Å². The number of β-amino-alcohol motifs (C(OH)–C–C–N with tert-alkyl or cyclic N) is 1. The molecule has 0 unspecified atom stereocenters. The number of benzene rings is 1. The van der Waals surface area contributed by atoms with Crippen LogP contribution in [-0.2, 0) is 0 Å². The number of hydrogen-bond acceptors (Lipinski definition) is 5. The van der Waals surface area contributed by atoms with Gasteiger partial charge in [0.25, 0.3) is 5.91 Å². The Balaban J connectivity index is 1.36. The third-order valence-corrected chi connectivity index (χ3v) is 5.93. The fourth-order valence-electron chi connectivity index (χ4n) is 3.91. The van der Waals surface area contributed by atoms with Crippen LogP contribution in [-0.4, -0.2) is 77.2 Å². The average Bonchev–Trinajstić information content (AvgIpc) is 3.10. The molecule has 1 amide bonds. The summed E-state index contributed by atoms with van der Waals surface area (Å²) in [5, 5.41) is 11.8. The summed E-state index contributed by atoms with van der Waals surface area (Å²) in [7, 11) is 0. The van der Waals surface area contributed by atoms with E-state index in [1.54, 1.807) is 35.4 Å². The van der Waals surface area contributed by atoms with Crippen LogP contribution < -0.4 is 4.90 Å². The van der Waals surface area contributed by atoms with Gasteiger partial charge >= 0.3 is 0 Å². The van der Waals surface area contributed by atoms with E-state index in [-0.39, 0.29) is 11.9 Å². The van der Waals surface area contributed by atoms with Crippen LogP contribution >= 0.6 is 23.2 Å². The second kappa shape index (κ2) is 8.25. The first-order valence-corrected chi connectivity index (χ1v) is 10.1. The summed E-state index contributed by atoms with van der Waals surface area (Å²) in [4.78, 5) is 23.3. The molecule has 1 aromatic carbocycles. The Hall–Kier alpha value is -1.86. The van der Waals surface area contributed by atoms with Crippen LogP contribution in [0.1, 0.15) is 10.4 Å². The molecule has 0 spiro atoms. The predicted molar refractivity (Wildman–Crippen MR) is 110 cm³/mol. The van der Waals surface area contributed by atoms with Gasteiger partial charge in [0.1, 0.15) is 5.82 Å². The molecule has 1 aromatic heterocycles. The van der Waals surface area contributed by atoms with Crippen molar-refractivity contribution < 1.29 is 9.90 Å². The van der Waals surface area contributed by atoms with Crippen molar-refractivity contribution in [3.8, 4) is 0 Å². The van der Waals surface area contributed by atoms with Crippen LogP contribution in [0, 0.1) is 0 Å². The van der Waals surface area contributed by atoms with Gasteiger partial charge in [-0.1, -0.05) is 23.2 Å². The first kappa shape index (κ1) is 19.5. The minimum absolute atomic E-state index is 0.0448. The van der Waals surface area contributed by atoms with E-state index in [0.717, 1.165) is 32.0 Å². The standard InChI is InChI=1S/C20H22Cl2N4O2/c21-15-3-1-14(2-4-15)20(28)26-12-17(18(27)13-26)24-7-9-25(10-8-24)19-6-5-16(22)11-23-19/h1-6,11,17-18,27H,7-10,12-13H2/t17-,18-/m1/s1. The number of piperazine rings is 1. The lowest BCUT2D eigenvalue weighted by Crippen LogP contribution is -2.54. The molecule has 2 saturated heterocycles. The summed E-state index contributed by atoms with van der Waals surface area (Å²) >= 11 is 11.8. The molecule has 0 aliphatic carbocycles. The number of aromatic nitrogens is 1. The van der Waals surface area contributed by atoms with Crippen LogP contribution in [0.2, 0.25) is 10.0 Å². The van der Waals surface area contributed by atoms with Crippen molar-refractivity contribution in [1.29, 1.82) is 0 Å². The Morgan fingerprint density at radius 1 is 0.964 bits per heavy atom. The zero-order valence-corrected chi connectivity index (χ0v) is 16.9. The molecule has 4 rings (SSSR count). The van der Waals surface area contributed by atoms with Gasteiger partial charge in [-0.3, -0.25) is 9.69 Å². The van der Waals surface area contributed by atoms with Crippen LogP contribution in [0.4, 0.5) is 5.82 Å². The summed E-state index contributed by atoms with van der Waals surface area (Å²) in [6.45, 7) is 4.16. The second-order valence-corrected chi connectivity index (χ2v) is 8.08. The van der Waals surface area contributed by atoms with E-state index in [1.165, 1.54) is 0 Å². The van der Waals surface area contributed by atoms with E-state index < -0.39 is 6.10 Å². The third-order valence-electron chi connectivity index (χ3n) is 5.46. The molecule has 28 heavy (non-hydrogen) atoms. The van der Waals surface area contributed by atoms with Crippen molar-refractivity contribution in [2.24, 2.45) is 0 Å². The van der Waals surface area contributed by atoms with E-state index in [9.17, 15) is 9.90 Å². The average molecular weight is 421 g/mol. The predicted octanol–water partition coefficient (Wildman–Crippen LogP) is 2.40. The van der Waals surface area contributed by atoms with E-state index in [4.69, 9.17) is 23.2 Å². The number of nitrogens with zero attached hydrogens (tertiary/aromatic N) is 4. The summed E-state index contributed by atoms with van der Waals surface area (Å²) in [5.74, 6) is 0.845. The van der Waals surface area contributed by atoms with Crippen molar-refractivity contribution in [3.05, 3.63) is 58.2 Å². The monoisotopic (exact) mass is 420 g/mol. The first-order chi connectivity index (χ1) is 13.5. The minimum Gasteiger partial charge on any atom is -0.390 e. The van der Waals surface area contributed by atoms with Crippen LogP contribution in [0.25, 0.3) is 0 Å². The third kappa shape index (κ3) is 4.10. The van der Waals surface area contributed by atoms with Gasteiger partial charge in [-0.05, 0) is 36.4 Å². The number of carbonyl (C=O) groups excluding carboxylic acids is 1. The highest BCUT2D eigenvalue weighted by molar-refractivity contribution is 6.30. The number of amides is 1. The Morgan fingerprint density at radius 3 is 2.29 bits per heavy atom. The molecule has 2 aliphatic rings. The Labute approximate surface area is 174 Å². The van der Waals surface area contributed by atoms with Gasteiger partial charge in [0.2, 0.25) is 0 Å². The Kier molecular flexibility index (Phi) is 5.73. The molecule has 2 aromatic rings. The van der Waals surface area contributed by atoms with Crippen molar-refractivity contribution in [1.82, 2.24) is 14.8 Å². The molecule has 148 valence electrons. The SMILES string of the molecule is O=C(c1ccc(Cl)cc1)N1C[C@@H](O)[C@H](N2CCN(c3ccc(Cl)cn3)CC2)C1. The minimum atomic E-state index is -0.545. The normalized spacial score (nSPS) is 23.2. The lowest BCUT2D eigenvalue weighted by Gasteiger charge is -2.39. The summed E-state index contributed by atoms with van der Waals surface area (Å²) in [5.41, 5.74) is 0.593. The maximum Gasteiger partial charge on any atom is 0.253 e. The molecule has 1 N–H and O–H groups in total. The summed E-state index contributed by atoms with van der Waals surface area (Å²) < 4.78 is 0. The number of anilines is 1. The van der Waals surface area contributed by atoms with E-state index in [1.807, 2.05) is 12.1 Å². The molecule has 8 heteroatoms. The van der Waals surface area contributed by atoms with Gasteiger partial charge in [-0.25, -0.2) is 4.98 Å². The largest absolute Gasteiger partial charge is 0.390 e. The molecule has 0 bridgehead atoms. The number of aliphatic hydroxyl groups is 1. The van der Waals surface area contributed by atoms with Gasteiger partial charge in [-0.15, -0.1) is 0 Å². The molecule has 6 nitrogen and oxygen atoms in total. The van der Waals surface area contributed by atoms with E-state index >= 15 is 0 Å². The molecule has 2 fully saturated rings. The fraction of sp³-hybridized carbons (Fsp3) is 0.400. The molecule has 3 heterocycles. The van der Waals surface area contributed by atoms with Crippen molar-refractivity contribution >= 4 is 34.9 Å². The van der Waals surface area contributed by atoms with Gasteiger partial charge in [0.15, 0.2) is 0 Å². The van der Waals surface area contributed by atoms with Gasteiger partial charge < -0.3 is 14.9 Å². The first-order valence-electron chi connectivity index (χ1n) is 9.35. The van der Waals surface area contributed by atoms with Crippen molar-refractivity contribution in [3.63, 3.8) is 0 Å². The number of halogens is 2. The molecule has 2 aliphatic heterocycles. The number of likely N-dealkylation sites (tertiary alicyclic amines) is 1. The van der Waals surface area contributed by atoms with Crippen LogP contribution in [0.15, 0.2) is 42.6 Å². The van der Waals surface area contributed by atoms with Crippen LogP contribution in [0.3, 0.4) is 0 Å². The van der Waals surface area contributed by atoms with Gasteiger partial charge in [-0.2, -0.15) is 0 Å². The number of pyridine rings is 1. The molecule has 0 radical (unpaired) electrons. The topological polar surface area (TPSA) is 59.9 Å². The Bertz CT molecular complexity index is 823. The maximum atomic E-state index is 12.7. The number of hydrogen-bond donors (Lipinski definition) is 1. The van der Waals surface area contributed by atoms with Gasteiger partial charge in [0.05, 0.1) is 17.2 Å². The zero-order chi connectivity index (χ0) is 19.7. The second-order valence-electron chi connectivity index (χ2n) is 7.21. The fourth-order valence-corrected chi connectivity index (χ4v) is 4.14. The number of rotatable bonds is 3. The molecular weight excluding hydrogens is 399 g/mol. The lowest BCUT2D eigenvalue weighted by molar-refractivity contribution is 0.0754. The maximum absolute atomic E-state index is 12.7. The van der Waals surface area contributed by atoms with Crippen molar-refractivity contribution in [2.45, 2.75) is 12.1 Å². The number of aliphatic hydroxyl groups excluding tert-OH is 1. The lowest BCUT2D eigenvalue weighted by atomic mass is 10.1. The summed E-state index contributed by atoms with van der Waals surface area (Å²) in [6, 6.07) is 10.6. The molecule has 0 saturated carbocycles. The highest BCUT2D eigenvalue weighted by Gasteiger charge is 2.38. The Morgan fingerprint density at radius 2 is 1.64 bits per heavy atom. The zero-order valence-electron chi connectivity index (χ0n) is 15.3. The van der Waals surface area contributed by atoms with E-state index in [2.05, 4.69) is 14.8 Å². The smallest absolute Gasteiger partial charge is 0.253 e. The van der Waals surface area contributed by atoms with Crippen LogP contribution in [0.5, 0.6) is 0 Å². The number of carbonyl (C=O) groups is 1. The highest BCUT2D eigenvalue weighted by atomic mass is 35.5.